The minimum Gasteiger partial charge on any atom is -0.310 e. The molecule has 1 aliphatic rings. The number of aromatic nitrogens is 2. The molecule has 0 bridgehead atoms. The summed E-state index contributed by atoms with van der Waals surface area (Å²) in [6.45, 7) is 4.10. The summed E-state index contributed by atoms with van der Waals surface area (Å²) in [5, 5.41) is 0. The first-order valence-electron chi connectivity index (χ1n) is 6.32. The highest BCUT2D eigenvalue weighted by Crippen LogP contribution is 2.38. The van der Waals surface area contributed by atoms with Gasteiger partial charge in [-0.25, -0.2) is 4.98 Å². The second-order valence-electron chi connectivity index (χ2n) is 5.11. The molecule has 92 valence electrons. The SMILES string of the molecule is Cc1ccc(C)c(-c2cc(=O)[nH]c(C3CC3)n2)c1. The smallest absolute Gasteiger partial charge is 0.251 e. The van der Waals surface area contributed by atoms with Crippen molar-refractivity contribution in [1.82, 2.24) is 9.97 Å². The lowest BCUT2D eigenvalue weighted by Gasteiger charge is -2.07. The fourth-order valence-corrected chi connectivity index (χ4v) is 2.18. The van der Waals surface area contributed by atoms with Gasteiger partial charge >= 0.3 is 0 Å². The highest BCUT2D eigenvalue weighted by molar-refractivity contribution is 5.64. The Kier molecular flexibility index (Phi) is 2.54. The summed E-state index contributed by atoms with van der Waals surface area (Å²) in [6, 6.07) is 7.83. The Bertz CT molecular complexity index is 654. The van der Waals surface area contributed by atoms with Gasteiger partial charge in [0.1, 0.15) is 5.82 Å². The van der Waals surface area contributed by atoms with E-state index in [1.54, 1.807) is 6.07 Å². The van der Waals surface area contributed by atoms with Gasteiger partial charge < -0.3 is 4.98 Å². The number of nitrogens with zero attached hydrogens (tertiary/aromatic N) is 1. The number of hydrogen-bond acceptors (Lipinski definition) is 2. The van der Waals surface area contributed by atoms with Gasteiger partial charge in [0, 0.05) is 17.5 Å². The van der Waals surface area contributed by atoms with Crippen LogP contribution in [-0.4, -0.2) is 9.97 Å². The molecule has 0 saturated heterocycles. The van der Waals surface area contributed by atoms with Crippen molar-refractivity contribution in [3.8, 4) is 11.3 Å². The molecule has 1 N–H and O–H groups in total. The van der Waals surface area contributed by atoms with E-state index in [4.69, 9.17) is 0 Å². The molecular formula is C15H16N2O. The number of aryl methyl sites for hydroxylation is 2. The van der Waals surface area contributed by atoms with Gasteiger partial charge in [-0.05, 0) is 38.3 Å². The molecule has 0 spiro atoms. The zero-order valence-corrected chi connectivity index (χ0v) is 10.7. The first-order chi connectivity index (χ1) is 8.63. The van der Waals surface area contributed by atoms with Crippen molar-refractivity contribution in [2.45, 2.75) is 32.6 Å². The second-order valence-corrected chi connectivity index (χ2v) is 5.11. The van der Waals surface area contributed by atoms with Crippen LogP contribution in [0.2, 0.25) is 0 Å². The molecule has 0 radical (unpaired) electrons. The van der Waals surface area contributed by atoms with E-state index in [0.29, 0.717) is 5.92 Å². The zero-order chi connectivity index (χ0) is 12.7. The highest BCUT2D eigenvalue weighted by atomic mass is 16.1. The van der Waals surface area contributed by atoms with Gasteiger partial charge in [0.2, 0.25) is 0 Å². The van der Waals surface area contributed by atoms with Crippen LogP contribution in [0, 0.1) is 13.8 Å². The van der Waals surface area contributed by atoms with Crippen molar-refractivity contribution in [3.63, 3.8) is 0 Å². The third-order valence-corrected chi connectivity index (χ3v) is 3.39. The van der Waals surface area contributed by atoms with Crippen LogP contribution in [0.1, 0.15) is 35.7 Å². The molecule has 0 atom stereocenters. The van der Waals surface area contributed by atoms with E-state index in [9.17, 15) is 4.79 Å². The Morgan fingerprint density at radius 1 is 1.22 bits per heavy atom. The van der Waals surface area contributed by atoms with E-state index in [1.165, 1.54) is 5.56 Å². The van der Waals surface area contributed by atoms with Crippen molar-refractivity contribution in [1.29, 1.82) is 0 Å². The molecule has 3 heteroatoms. The molecule has 0 amide bonds. The van der Waals surface area contributed by atoms with Crippen molar-refractivity contribution in [2.24, 2.45) is 0 Å². The maximum Gasteiger partial charge on any atom is 0.251 e. The molecule has 1 aliphatic carbocycles. The fraction of sp³-hybridized carbons (Fsp3) is 0.333. The Morgan fingerprint density at radius 3 is 2.72 bits per heavy atom. The Hall–Kier alpha value is -1.90. The highest BCUT2D eigenvalue weighted by Gasteiger charge is 2.26. The van der Waals surface area contributed by atoms with Crippen LogP contribution in [-0.2, 0) is 0 Å². The molecule has 0 unspecified atom stereocenters. The summed E-state index contributed by atoms with van der Waals surface area (Å²) in [4.78, 5) is 19.2. The Morgan fingerprint density at radius 2 is 2.00 bits per heavy atom. The van der Waals surface area contributed by atoms with Crippen LogP contribution in [0.5, 0.6) is 0 Å². The summed E-state index contributed by atoms with van der Waals surface area (Å²) >= 11 is 0. The largest absolute Gasteiger partial charge is 0.310 e. The first-order valence-corrected chi connectivity index (χ1v) is 6.32. The summed E-state index contributed by atoms with van der Waals surface area (Å²) in [5.41, 5.74) is 4.14. The van der Waals surface area contributed by atoms with Gasteiger partial charge in [-0.1, -0.05) is 17.7 Å². The maximum atomic E-state index is 11.7. The molecule has 0 aliphatic heterocycles. The molecule has 1 saturated carbocycles. The monoisotopic (exact) mass is 240 g/mol. The van der Waals surface area contributed by atoms with Crippen LogP contribution in [0.25, 0.3) is 11.3 Å². The van der Waals surface area contributed by atoms with Gasteiger partial charge in [-0.2, -0.15) is 0 Å². The normalized spacial score (nSPS) is 14.8. The molecular weight excluding hydrogens is 224 g/mol. The Labute approximate surface area is 106 Å². The average Bonchev–Trinajstić information content (AvgIpc) is 3.15. The van der Waals surface area contributed by atoms with Gasteiger partial charge in [-0.3, -0.25) is 4.79 Å². The van der Waals surface area contributed by atoms with Crippen LogP contribution in [0.4, 0.5) is 0 Å². The molecule has 18 heavy (non-hydrogen) atoms. The van der Waals surface area contributed by atoms with Crippen LogP contribution >= 0.6 is 0 Å². The van der Waals surface area contributed by atoms with Crippen molar-refractivity contribution in [3.05, 3.63) is 51.6 Å². The number of hydrogen-bond donors (Lipinski definition) is 1. The van der Waals surface area contributed by atoms with Gasteiger partial charge in [0.15, 0.2) is 0 Å². The van der Waals surface area contributed by atoms with E-state index < -0.39 is 0 Å². The van der Waals surface area contributed by atoms with Gasteiger partial charge in [0.05, 0.1) is 5.69 Å². The summed E-state index contributed by atoms with van der Waals surface area (Å²) in [5.74, 6) is 1.31. The summed E-state index contributed by atoms with van der Waals surface area (Å²) in [7, 11) is 0. The molecule has 3 nitrogen and oxygen atoms in total. The standard InChI is InChI=1S/C15H16N2O/c1-9-3-4-10(2)12(7-9)13-8-14(18)17-15(16-13)11-5-6-11/h3-4,7-8,11H,5-6H2,1-2H3,(H,16,17,18). The Balaban J connectivity index is 2.15. The lowest BCUT2D eigenvalue weighted by molar-refractivity contribution is 0.911. The van der Waals surface area contributed by atoms with E-state index in [-0.39, 0.29) is 5.56 Å². The fourth-order valence-electron chi connectivity index (χ4n) is 2.18. The first kappa shape index (κ1) is 11.2. The molecule has 1 fully saturated rings. The number of rotatable bonds is 2. The maximum absolute atomic E-state index is 11.7. The van der Waals surface area contributed by atoms with Gasteiger partial charge in [0.25, 0.3) is 5.56 Å². The minimum absolute atomic E-state index is 0.0530. The number of nitrogens with one attached hydrogen (secondary N) is 1. The lowest BCUT2D eigenvalue weighted by Crippen LogP contribution is -2.10. The number of benzene rings is 1. The van der Waals surface area contributed by atoms with E-state index >= 15 is 0 Å². The predicted octanol–water partition coefficient (Wildman–Crippen LogP) is 2.93. The molecule has 3 rings (SSSR count). The van der Waals surface area contributed by atoms with E-state index in [2.05, 4.69) is 42.0 Å². The van der Waals surface area contributed by atoms with Crippen LogP contribution < -0.4 is 5.56 Å². The van der Waals surface area contributed by atoms with Crippen LogP contribution in [0.3, 0.4) is 0 Å². The third-order valence-electron chi connectivity index (χ3n) is 3.39. The summed E-state index contributed by atoms with van der Waals surface area (Å²) in [6.07, 6.45) is 2.28. The topological polar surface area (TPSA) is 45.8 Å². The van der Waals surface area contributed by atoms with Crippen molar-refractivity contribution in [2.75, 3.05) is 0 Å². The second kappa shape index (κ2) is 4.09. The van der Waals surface area contributed by atoms with Crippen molar-refractivity contribution >= 4 is 0 Å². The quantitative estimate of drug-likeness (QED) is 0.877. The zero-order valence-electron chi connectivity index (χ0n) is 10.7. The van der Waals surface area contributed by atoms with Crippen LogP contribution in [0.15, 0.2) is 29.1 Å². The average molecular weight is 240 g/mol. The van der Waals surface area contributed by atoms with E-state index in [0.717, 1.165) is 35.5 Å². The van der Waals surface area contributed by atoms with E-state index in [1.807, 2.05) is 0 Å². The third kappa shape index (κ3) is 2.08. The van der Waals surface area contributed by atoms with Gasteiger partial charge in [-0.15, -0.1) is 0 Å². The molecule has 1 aromatic carbocycles. The number of H-pyrrole nitrogens is 1. The predicted molar refractivity (Wildman–Crippen MR) is 71.7 cm³/mol. The molecule has 1 heterocycles. The number of aromatic amines is 1. The van der Waals surface area contributed by atoms with Crippen molar-refractivity contribution < 1.29 is 0 Å². The lowest BCUT2D eigenvalue weighted by atomic mass is 10.0. The molecule has 2 aromatic rings. The summed E-state index contributed by atoms with van der Waals surface area (Å²) < 4.78 is 0. The molecule has 1 aromatic heterocycles. The minimum atomic E-state index is -0.0530.